The second-order valence-electron chi connectivity index (χ2n) is 7.40. The zero-order valence-electron chi connectivity index (χ0n) is 16.1. The SMILES string of the molecule is CN(C)c1nc(N2CCCC2)nc2c1CN(S(=O)(=O)c1ccc(F)cc1)CC2. The summed E-state index contributed by atoms with van der Waals surface area (Å²) < 4.78 is 40.6. The van der Waals surface area contributed by atoms with Crippen molar-refractivity contribution in [2.45, 2.75) is 30.7 Å². The summed E-state index contributed by atoms with van der Waals surface area (Å²) in [5.74, 6) is 1.03. The van der Waals surface area contributed by atoms with Gasteiger partial charge in [0.05, 0.1) is 10.6 Å². The molecule has 4 rings (SSSR count). The Morgan fingerprint density at radius 1 is 1.04 bits per heavy atom. The van der Waals surface area contributed by atoms with Crippen LogP contribution in [-0.4, -0.2) is 56.4 Å². The van der Waals surface area contributed by atoms with Gasteiger partial charge in [-0.3, -0.25) is 0 Å². The Bertz CT molecular complexity index is 973. The maximum absolute atomic E-state index is 13.2. The second kappa shape index (κ2) is 7.29. The minimum atomic E-state index is -3.71. The quantitative estimate of drug-likeness (QED) is 0.775. The van der Waals surface area contributed by atoms with Crippen LogP contribution in [0.25, 0.3) is 0 Å². The van der Waals surface area contributed by atoms with E-state index < -0.39 is 15.8 Å². The van der Waals surface area contributed by atoms with E-state index in [4.69, 9.17) is 9.97 Å². The molecule has 9 heteroatoms. The first-order valence-corrected chi connectivity index (χ1v) is 10.9. The fraction of sp³-hybridized carbons (Fsp3) is 0.474. The Balaban J connectivity index is 1.68. The molecule has 0 saturated carbocycles. The molecular formula is C19H24FN5O2S. The standard InChI is InChI=1S/C19H24FN5O2S/c1-23(2)18-16-13-25(28(26,27)15-7-5-14(20)6-8-15)12-9-17(16)21-19(22-18)24-10-3-4-11-24/h5-8H,3-4,9-13H2,1-2H3. The van der Waals surface area contributed by atoms with E-state index in [2.05, 4.69) is 4.90 Å². The molecule has 2 aliphatic rings. The van der Waals surface area contributed by atoms with E-state index >= 15 is 0 Å². The summed E-state index contributed by atoms with van der Waals surface area (Å²) in [6.45, 7) is 2.46. The highest BCUT2D eigenvalue weighted by atomic mass is 32.2. The summed E-state index contributed by atoms with van der Waals surface area (Å²) in [4.78, 5) is 13.7. The zero-order chi connectivity index (χ0) is 19.9. The summed E-state index contributed by atoms with van der Waals surface area (Å²) in [5.41, 5.74) is 1.75. The Morgan fingerprint density at radius 2 is 1.71 bits per heavy atom. The lowest BCUT2D eigenvalue weighted by molar-refractivity contribution is 0.387. The van der Waals surface area contributed by atoms with Crippen molar-refractivity contribution in [2.75, 3.05) is 43.5 Å². The maximum Gasteiger partial charge on any atom is 0.243 e. The minimum absolute atomic E-state index is 0.0957. The van der Waals surface area contributed by atoms with E-state index in [1.807, 2.05) is 19.0 Å². The molecule has 1 aromatic heterocycles. The van der Waals surface area contributed by atoms with Crippen LogP contribution in [0.15, 0.2) is 29.2 Å². The summed E-state index contributed by atoms with van der Waals surface area (Å²) in [6, 6.07) is 4.95. The summed E-state index contributed by atoms with van der Waals surface area (Å²) in [7, 11) is 0.106. The topological polar surface area (TPSA) is 69.6 Å². The number of halogens is 1. The number of anilines is 2. The van der Waals surface area contributed by atoms with Gasteiger partial charge in [-0.2, -0.15) is 9.29 Å². The molecule has 0 radical (unpaired) electrons. The summed E-state index contributed by atoms with van der Waals surface area (Å²) >= 11 is 0. The monoisotopic (exact) mass is 405 g/mol. The maximum atomic E-state index is 13.2. The molecule has 28 heavy (non-hydrogen) atoms. The van der Waals surface area contributed by atoms with Crippen molar-refractivity contribution in [2.24, 2.45) is 0 Å². The van der Waals surface area contributed by atoms with Gasteiger partial charge >= 0.3 is 0 Å². The van der Waals surface area contributed by atoms with E-state index in [9.17, 15) is 12.8 Å². The second-order valence-corrected chi connectivity index (χ2v) is 9.34. The van der Waals surface area contributed by atoms with E-state index in [-0.39, 0.29) is 11.4 Å². The lowest BCUT2D eigenvalue weighted by Gasteiger charge is -2.31. The molecule has 0 amide bonds. The Morgan fingerprint density at radius 3 is 2.36 bits per heavy atom. The lowest BCUT2D eigenvalue weighted by atomic mass is 10.1. The highest BCUT2D eigenvalue weighted by molar-refractivity contribution is 7.89. The molecule has 0 unspecified atom stereocenters. The number of nitrogens with zero attached hydrogens (tertiary/aromatic N) is 5. The van der Waals surface area contributed by atoms with Crippen LogP contribution in [0, 0.1) is 5.82 Å². The van der Waals surface area contributed by atoms with Gasteiger partial charge in [-0.15, -0.1) is 0 Å². The van der Waals surface area contributed by atoms with Crippen LogP contribution in [0.2, 0.25) is 0 Å². The number of hydrogen-bond donors (Lipinski definition) is 0. The molecule has 0 atom stereocenters. The first-order chi connectivity index (χ1) is 13.4. The van der Waals surface area contributed by atoms with E-state index in [0.717, 1.165) is 49.0 Å². The van der Waals surface area contributed by atoms with Crippen molar-refractivity contribution in [3.05, 3.63) is 41.3 Å². The number of sulfonamides is 1. The van der Waals surface area contributed by atoms with Crippen molar-refractivity contribution >= 4 is 21.8 Å². The van der Waals surface area contributed by atoms with Crippen LogP contribution in [0.3, 0.4) is 0 Å². The van der Waals surface area contributed by atoms with Gasteiger partial charge < -0.3 is 9.80 Å². The highest BCUT2D eigenvalue weighted by Gasteiger charge is 2.32. The third-order valence-electron chi connectivity index (χ3n) is 5.26. The molecule has 0 bridgehead atoms. The molecule has 0 aliphatic carbocycles. The van der Waals surface area contributed by atoms with Crippen molar-refractivity contribution in [1.29, 1.82) is 0 Å². The molecule has 1 aromatic carbocycles. The van der Waals surface area contributed by atoms with Gasteiger partial charge in [-0.1, -0.05) is 0 Å². The Labute approximate surface area is 164 Å². The third kappa shape index (κ3) is 3.44. The lowest BCUT2D eigenvalue weighted by Crippen LogP contribution is -2.38. The van der Waals surface area contributed by atoms with Gasteiger partial charge in [-0.25, -0.2) is 17.8 Å². The van der Waals surface area contributed by atoms with E-state index in [0.29, 0.717) is 13.0 Å². The van der Waals surface area contributed by atoms with E-state index in [1.54, 1.807) is 0 Å². The average molecular weight is 405 g/mol. The number of benzene rings is 1. The van der Waals surface area contributed by atoms with E-state index in [1.165, 1.54) is 28.6 Å². The van der Waals surface area contributed by atoms with Crippen molar-refractivity contribution in [3.63, 3.8) is 0 Å². The van der Waals surface area contributed by atoms with Crippen molar-refractivity contribution in [3.8, 4) is 0 Å². The normalized spacial score (nSPS) is 17.6. The molecule has 7 nitrogen and oxygen atoms in total. The first kappa shape index (κ1) is 19.1. The number of fused-ring (bicyclic) bond motifs is 1. The van der Waals surface area contributed by atoms with Crippen molar-refractivity contribution < 1.29 is 12.8 Å². The molecule has 1 fully saturated rings. The van der Waals surface area contributed by atoms with Gasteiger partial charge in [-0.05, 0) is 37.1 Å². The van der Waals surface area contributed by atoms with Gasteiger partial charge in [0.2, 0.25) is 16.0 Å². The summed E-state index contributed by atoms with van der Waals surface area (Å²) in [5, 5.41) is 0. The predicted molar refractivity (Wildman–Crippen MR) is 106 cm³/mol. The molecular weight excluding hydrogens is 381 g/mol. The predicted octanol–water partition coefficient (Wildman–Crippen LogP) is 2.03. The van der Waals surface area contributed by atoms with Crippen molar-refractivity contribution in [1.82, 2.24) is 14.3 Å². The van der Waals surface area contributed by atoms with Gasteiger partial charge in [0, 0.05) is 52.3 Å². The third-order valence-corrected chi connectivity index (χ3v) is 7.11. The molecule has 0 N–H and O–H groups in total. The molecule has 3 heterocycles. The van der Waals surface area contributed by atoms with Gasteiger partial charge in [0.1, 0.15) is 11.6 Å². The molecule has 0 spiro atoms. The number of hydrogen-bond acceptors (Lipinski definition) is 6. The molecule has 2 aromatic rings. The fourth-order valence-corrected chi connectivity index (χ4v) is 5.16. The minimum Gasteiger partial charge on any atom is -0.362 e. The van der Waals surface area contributed by atoms with Crippen LogP contribution in [0.5, 0.6) is 0 Å². The smallest absolute Gasteiger partial charge is 0.243 e. The fourth-order valence-electron chi connectivity index (χ4n) is 3.75. The summed E-state index contributed by atoms with van der Waals surface area (Å²) in [6.07, 6.45) is 2.81. The molecule has 2 aliphatic heterocycles. The number of aromatic nitrogens is 2. The molecule has 1 saturated heterocycles. The molecule has 150 valence electrons. The number of rotatable bonds is 4. The van der Waals surface area contributed by atoms with Crippen LogP contribution in [0.1, 0.15) is 24.1 Å². The van der Waals surface area contributed by atoms with Crippen LogP contribution in [-0.2, 0) is 23.0 Å². The van der Waals surface area contributed by atoms with Crippen LogP contribution >= 0.6 is 0 Å². The average Bonchev–Trinajstić information content (AvgIpc) is 3.21. The zero-order valence-corrected chi connectivity index (χ0v) is 16.9. The van der Waals surface area contributed by atoms with Gasteiger partial charge in [0.25, 0.3) is 0 Å². The highest BCUT2D eigenvalue weighted by Crippen LogP contribution is 2.31. The van der Waals surface area contributed by atoms with Gasteiger partial charge in [0.15, 0.2) is 0 Å². The first-order valence-electron chi connectivity index (χ1n) is 9.44. The Kier molecular flexibility index (Phi) is 4.96. The Hall–Kier alpha value is -2.26. The van der Waals surface area contributed by atoms with Crippen LogP contribution in [0.4, 0.5) is 16.2 Å². The van der Waals surface area contributed by atoms with Crippen LogP contribution < -0.4 is 9.80 Å². The largest absolute Gasteiger partial charge is 0.362 e.